The Labute approximate surface area is 98.7 Å². The summed E-state index contributed by atoms with van der Waals surface area (Å²) in [6.45, 7) is 0. The normalized spacial score (nSPS) is 9.65. The van der Waals surface area contributed by atoms with Crippen LogP contribution in [-0.4, -0.2) is 12.1 Å². The molecule has 17 heavy (non-hydrogen) atoms. The molecule has 0 saturated carbocycles. The second kappa shape index (κ2) is 5.07. The summed E-state index contributed by atoms with van der Waals surface area (Å²) in [6, 6.07) is 15.8. The van der Waals surface area contributed by atoms with Crippen molar-refractivity contribution < 1.29 is 14.3 Å². The quantitative estimate of drug-likeness (QED) is 0.457. The van der Waals surface area contributed by atoms with Gasteiger partial charge in [0.2, 0.25) is 5.78 Å². The van der Waals surface area contributed by atoms with Crippen LogP contribution in [0.3, 0.4) is 0 Å². The second-order valence-corrected chi connectivity index (χ2v) is 3.42. The molecule has 3 nitrogen and oxygen atoms in total. The van der Waals surface area contributed by atoms with Crippen molar-refractivity contribution in [3.8, 4) is 11.5 Å². The van der Waals surface area contributed by atoms with Crippen LogP contribution in [0.15, 0.2) is 54.6 Å². The lowest BCUT2D eigenvalue weighted by atomic mass is 10.1. The first kappa shape index (κ1) is 11.1. The van der Waals surface area contributed by atoms with Gasteiger partial charge in [-0.15, -0.1) is 0 Å². The Kier molecular flexibility index (Phi) is 3.31. The van der Waals surface area contributed by atoms with Gasteiger partial charge in [-0.3, -0.25) is 9.59 Å². The monoisotopic (exact) mass is 226 g/mol. The number of ether oxygens (including phenoxy) is 1. The summed E-state index contributed by atoms with van der Waals surface area (Å²) in [4.78, 5) is 21.4. The molecule has 84 valence electrons. The lowest BCUT2D eigenvalue weighted by Gasteiger charge is -2.05. The van der Waals surface area contributed by atoms with Crippen molar-refractivity contribution >= 4 is 12.1 Å². The van der Waals surface area contributed by atoms with Crippen LogP contribution in [0.1, 0.15) is 10.4 Å². The second-order valence-electron chi connectivity index (χ2n) is 3.42. The van der Waals surface area contributed by atoms with Gasteiger partial charge in [0.15, 0.2) is 6.29 Å². The molecular formula is C14H10O3. The van der Waals surface area contributed by atoms with E-state index >= 15 is 0 Å². The first-order valence-electron chi connectivity index (χ1n) is 5.12. The summed E-state index contributed by atoms with van der Waals surface area (Å²) in [7, 11) is 0. The van der Waals surface area contributed by atoms with E-state index in [4.69, 9.17) is 4.74 Å². The highest BCUT2D eigenvalue weighted by Gasteiger charge is 2.03. The van der Waals surface area contributed by atoms with Gasteiger partial charge in [0.1, 0.15) is 11.5 Å². The van der Waals surface area contributed by atoms with Gasteiger partial charge in [-0.05, 0) is 36.4 Å². The van der Waals surface area contributed by atoms with Crippen molar-refractivity contribution in [1.82, 2.24) is 0 Å². The molecule has 0 aliphatic heterocycles. The molecule has 0 aliphatic rings. The van der Waals surface area contributed by atoms with Crippen LogP contribution in [0, 0.1) is 0 Å². The van der Waals surface area contributed by atoms with Gasteiger partial charge in [-0.2, -0.15) is 0 Å². The van der Waals surface area contributed by atoms with Gasteiger partial charge in [0.25, 0.3) is 0 Å². The molecule has 0 saturated heterocycles. The average molecular weight is 226 g/mol. The zero-order valence-electron chi connectivity index (χ0n) is 9.00. The third-order valence-corrected chi connectivity index (χ3v) is 2.22. The largest absolute Gasteiger partial charge is 0.457 e. The number of ketones is 1. The molecule has 0 spiro atoms. The van der Waals surface area contributed by atoms with Crippen LogP contribution in [-0.2, 0) is 4.79 Å². The molecule has 0 aromatic heterocycles. The Bertz CT molecular complexity index is 515. The maximum atomic E-state index is 11.1. The minimum absolute atomic E-state index is 0.299. The van der Waals surface area contributed by atoms with Gasteiger partial charge < -0.3 is 4.74 Å². The van der Waals surface area contributed by atoms with Gasteiger partial charge >= 0.3 is 0 Å². The summed E-state index contributed by atoms with van der Waals surface area (Å²) in [6.07, 6.45) is 0.299. The number of Topliss-reactive ketones (excluding diaryl/α,β-unsaturated/α-hetero) is 1. The molecule has 2 aromatic rings. The van der Waals surface area contributed by atoms with Crippen LogP contribution < -0.4 is 4.74 Å². The molecule has 0 radical (unpaired) electrons. The minimum Gasteiger partial charge on any atom is -0.457 e. The lowest BCUT2D eigenvalue weighted by molar-refractivity contribution is -0.104. The highest BCUT2D eigenvalue weighted by molar-refractivity contribution is 6.33. The molecule has 2 aromatic carbocycles. The van der Waals surface area contributed by atoms with Crippen LogP contribution in [0.2, 0.25) is 0 Å². The van der Waals surface area contributed by atoms with Crippen molar-refractivity contribution in [2.24, 2.45) is 0 Å². The summed E-state index contributed by atoms with van der Waals surface area (Å²) >= 11 is 0. The number of rotatable bonds is 4. The molecule has 0 atom stereocenters. The van der Waals surface area contributed by atoms with E-state index in [1.54, 1.807) is 24.3 Å². The number of carbonyl (C=O) groups is 2. The molecule has 0 bridgehead atoms. The zero-order chi connectivity index (χ0) is 12.1. The molecule has 0 heterocycles. The van der Waals surface area contributed by atoms with E-state index in [0.29, 0.717) is 17.6 Å². The van der Waals surface area contributed by atoms with Crippen LogP contribution >= 0.6 is 0 Å². The molecule has 0 unspecified atom stereocenters. The van der Waals surface area contributed by atoms with Gasteiger partial charge in [0, 0.05) is 5.56 Å². The predicted octanol–water partition coefficient (Wildman–Crippen LogP) is 2.86. The first-order valence-corrected chi connectivity index (χ1v) is 5.12. The van der Waals surface area contributed by atoms with Gasteiger partial charge in [-0.25, -0.2) is 0 Å². The fourth-order valence-corrected chi connectivity index (χ4v) is 1.38. The summed E-state index contributed by atoms with van der Waals surface area (Å²) in [5.41, 5.74) is 0.361. The minimum atomic E-state index is -0.531. The standard InChI is InChI=1S/C14H10O3/c15-10-14(16)11-6-8-13(9-7-11)17-12-4-2-1-3-5-12/h1-10H. The Morgan fingerprint density at radius 2 is 1.47 bits per heavy atom. The maximum absolute atomic E-state index is 11.1. The Morgan fingerprint density at radius 1 is 0.882 bits per heavy atom. The van der Waals surface area contributed by atoms with Crippen molar-refractivity contribution in [3.63, 3.8) is 0 Å². The fourth-order valence-electron chi connectivity index (χ4n) is 1.38. The summed E-state index contributed by atoms with van der Waals surface area (Å²) < 4.78 is 5.55. The fraction of sp³-hybridized carbons (Fsp3) is 0. The van der Waals surface area contributed by atoms with E-state index in [1.807, 2.05) is 30.3 Å². The average Bonchev–Trinajstić information content (AvgIpc) is 2.40. The number of benzene rings is 2. The van der Waals surface area contributed by atoms with Crippen molar-refractivity contribution in [2.45, 2.75) is 0 Å². The smallest absolute Gasteiger partial charge is 0.225 e. The number of hydrogen-bond donors (Lipinski definition) is 0. The molecule has 2 rings (SSSR count). The van der Waals surface area contributed by atoms with E-state index in [2.05, 4.69) is 0 Å². The predicted molar refractivity (Wildman–Crippen MR) is 63.4 cm³/mol. The maximum Gasteiger partial charge on any atom is 0.225 e. The van der Waals surface area contributed by atoms with Crippen molar-refractivity contribution in [3.05, 3.63) is 60.2 Å². The van der Waals surface area contributed by atoms with E-state index in [0.717, 1.165) is 5.75 Å². The van der Waals surface area contributed by atoms with E-state index in [1.165, 1.54) is 0 Å². The molecule has 0 amide bonds. The molecular weight excluding hydrogens is 216 g/mol. The topological polar surface area (TPSA) is 43.4 Å². The van der Waals surface area contributed by atoms with E-state index in [-0.39, 0.29) is 0 Å². The molecule has 0 aliphatic carbocycles. The third kappa shape index (κ3) is 2.78. The van der Waals surface area contributed by atoms with Crippen molar-refractivity contribution in [2.75, 3.05) is 0 Å². The SMILES string of the molecule is O=CC(=O)c1ccc(Oc2ccccc2)cc1. The zero-order valence-corrected chi connectivity index (χ0v) is 9.00. The Hall–Kier alpha value is -2.42. The molecule has 0 N–H and O–H groups in total. The van der Waals surface area contributed by atoms with Crippen molar-refractivity contribution in [1.29, 1.82) is 0 Å². The number of carbonyl (C=O) groups excluding carboxylic acids is 2. The van der Waals surface area contributed by atoms with Gasteiger partial charge in [-0.1, -0.05) is 18.2 Å². The van der Waals surface area contributed by atoms with Crippen LogP contribution in [0.25, 0.3) is 0 Å². The van der Waals surface area contributed by atoms with Crippen LogP contribution in [0.5, 0.6) is 11.5 Å². The number of para-hydroxylation sites is 1. The van der Waals surface area contributed by atoms with E-state index in [9.17, 15) is 9.59 Å². The first-order chi connectivity index (χ1) is 8.29. The third-order valence-electron chi connectivity index (χ3n) is 2.22. The highest BCUT2D eigenvalue weighted by atomic mass is 16.5. The summed E-state index contributed by atoms with van der Waals surface area (Å²) in [5, 5.41) is 0. The van der Waals surface area contributed by atoms with Crippen LogP contribution in [0.4, 0.5) is 0 Å². The van der Waals surface area contributed by atoms with E-state index < -0.39 is 5.78 Å². The Balaban J connectivity index is 2.14. The summed E-state index contributed by atoms with van der Waals surface area (Å²) in [5.74, 6) is 0.817. The van der Waals surface area contributed by atoms with Gasteiger partial charge in [0.05, 0.1) is 0 Å². The lowest BCUT2D eigenvalue weighted by Crippen LogP contribution is -1.98. The number of aldehydes is 1. The molecule has 0 fully saturated rings. The Morgan fingerprint density at radius 3 is 2.06 bits per heavy atom. The molecule has 3 heteroatoms. The highest BCUT2D eigenvalue weighted by Crippen LogP contribution is 2.20. The number of hydrogen-bond acceptors (Lipinski definition) is 3.